The molecule has 9 heteroatoms. The number of carbonyl (C=O) groups is 1. The second-order valence-corrected chi connectivity index (χ2v) is 7.50. The average Bonchev–Trinajstić information content (AvgIpc) is 3.11. The molecular formula is C19H33N7O2. The van der Waals surface area contributed by atoms with Crippen LogP contribution in [0.25, 0.3) is 0 Å². The monoisotopic (exact) mass is 391 g/mol. The van der Waals surface area contributed by atoms with Gasteiger partial charge in [-0.2, -0.15) is 5.10 Å². The van der Waals surface area contributed by atoms with Crippen molar-refractivity contribution < 1.29 is 9.90 Å². The van der Waals surface area contributed by atoms with E-state index in [1.165, 1.54) is 0 Å². The van der Waals surface area contributed by atoms with Gasteiger partial charge in [-0.1, -0.05) is 0 Å². The van der Waals surface area contributed by atoms with Crippen molar-refractivity contribution in [3.63, 3.8) is 0 Å². The zero-order valence-corrected chi connectivity index (χ0v) is 17.0. The number of piperidine rings is 1. The van der Waals surface area contributed by atoms with E-state index in [1.807, 2.05) is 25.1 Å². The van der Waals surface area contributed by atoms with Crippen LogP contribution in [-0.4, -0.2) is 95.0 Å². The summed E-state index contributed by atoms with van der Waals surface area (Å²) in [7, 11) is 1.85. The minimum Gasteiger partial charge on any atom is -0.393 e. The first-order chi connectivity index (χ1) is 13.6. The molecule has 28 heavy (non-hydrogen) atoms. The molecule has 9 nitrogen and oxygen atoms in total. The molecule has 0 unspecified atom stereocenters. The van der Waals surface area contributed by atoms with Crippen molar-refractivity contribution >= 4 is 17.6 Å². The predicted octanol–water partition coefficient (Wildman–Crippen LogP) is -0.119. The van der Waals surface area contributed by atoms with Gasteiger partial charge in [-0.25, -0.2) is 0 Å². The highest BCUT2D eigenvalue weighted by Crippen LogP contribution is 2.16. The third-order valence-electron chi connectivity index (χ3n) is 5.31. The molecule has 0 spiro atoms. The number of aliphatic imine (C=N–C) groups is 1. The number of anilines is 1. The lowest BCUT2D eigenvalue weighted by molar-refractivity contribution is -0.120. The average molecular weight is 392 g/mol. The summed E-state index contributed by atoms with van der Waals surface area (Å²) in [6.07, 6.45) is 6.19. The number of carbonyl (C=O) groups excluding carboxylic acids is 1. The number of likely N-dealkylation sites (tertiary alicyclic amines) is 1. The molecule has 2 aliphatic rings. The van der Waals surface area contributed by atoms with Gasteiger partial charge in [-0.3, -0.25) is 14.5 Å². The van der Waals surface area contributed by atoms with Gasteiger partial charge < -0.3 is 25.1 Å². The number of nitrogens with zero attached hydrogens (tertiary/aromatic N) is 6. The van der Waals surface area contributed by atoms with Crippen molar-refractivity contribution in [3.05, 3.63) is 12.4 Å². The number of aliphatic hydroxyl groups excluding tert-OH is 1. The van der Waals surface area contributed by atoms with Gasteiger partial charge in [0, 0.05) is 52.5 Å². The minimum atomic E-state index is -0.127. The molecule has 0 aromatic carbocycles. The molecule has 3 rings (SSSR count). The van der Waals surface area contributed by atoms with Gasteiger partial charge in [-0.05, 0) is 32.7 Å². The summed E-state index contributed by atoms with van der Waals surface area (Å²) in [5.74, 6) is 0.882. The van der Waals surface area contributed by atoms with E-state index < -0.39 is 0 Å². The molecule has 2 N–H and O–H groups in total. The fourth-order valence-electron chi connectivity index (χ4n) is 3.72. The van der Waals surface area contributed by atoms with Gasteiger partial charge >= 0.3 is 0 Å². The Morgan fingerprint density at radius 3 is 2.75 bits per heavy atom. The Morgan fingerprint density at radius 2 is 2.11 bits per heavy atom. The summed E-state index contributed by atoms with van der Waals surface area (Å²) in [6, 6.07) is 0. The molecule has 2 fully saturated rings. The molecule has 1 aromatic heterocycles. The second kappa shape index (κ2) is 9.88. The van der Waals surface area contributed by atoms with Crippen LogP contribution in [0.15, 0.2) is 17.4 Å². The van der Waals surface area contributed by atoms with E-state index in [0.29, 0.717) is 13.1 Å². The maximum atomic E-state index is 12.6. The summed E-state index contributed by atoms with van der Waals surface area (Å²) in [5, 5.41) is 17.1. The number of aliphatic hydroxyl groups is 1. The Labute approximate surface area is 167 Å². The number of guanidine groups is 1. The highest BCUT2D eigenvalue weighted by molar-refractivity contribution is 5.98. The molecule has 1 amide bonds. The number of nitrogens with one attached hydrogen (secondary N) is 1. The molecule has 3 heterocycles. The third-order valence-corrected chi connectivity index (χ3v) is 5.31. The fourth-order valence-corrected chi connectivity index (χ4v) is 3.72. The van der Waals surface area contributed by atoms with Crippen LogP contribution in [0.1, 0.15) is 26.2 Å². The first-order valence-electron chi connectivity index (χ1n) is 10.3. The van der Waals surface area contributed by atoms with Crippen LogP contribution in [0.2, 0.25) is 0 Å². The largest absolute Gasteiger partial charge is 0.393 e. The summed E-state index contributed by atoms with van der Waals surface area (Å²) in [5.41, 5.74) is 0.848. The lowest BCUT2D eigenvalue weighted by Gasteiger charge is -2.35. The van der Waals surface area contributed by atoms with Crippen LogP contribution in [0.5, 0.6) is 0 Å². The van der Waals surface area contributed by atoms with Crippen molar-refractivity contribution in [1.29, 1.82) is 0 Å². The Balaban J connectivity index is 1.49. The summed E-state index contributed by atoms with van der Waals surface area (Å²) in [6.45, 7) is 8.20. The predicted molar refractivity (Wildman–Crippen MR) is 109 cm³/mol. The van der Waals surface area contributed by atoms with Crippen molar-refractivity contribution in [3.8, 4) is 0 Å². The summed E-state index contributed by atoms with van der Waals surface area (Å²) < 4.78 is 1.71. The van der Waals surface area contributed by atoms with E-state index >= 15 is 0 Å². The number of hydrogen-bond donors (Lipinski definition) is 2. The van der Waals surface area contributed by atoms with Gasteiger partial charge in [0.1, 0.15) is 6.54 Å². The first kappa shape index (κ1) is 20.6. The highest BCUT2D eigenvalue weighted by Gasteiger charge is 2.27. The number of rotatable bonds is 6. The molecule has 0 atom stereocenters. The van der Waals surface area contributed by atoms with Crippen LogP contribution < -0.4 is 10.2 Å². The van der Waals surface area contributed by atoms with Gasteiger partial charge in [0.2, 0.25) is 5.91 Å². The van der Waals surface area contributed by atoms with Crippen LogP contribution in [0.3, 0.4) is 0 Å². The number of hydrogen-bond acceptors (Lipinski definition) is 5. The van der Waals surface area contributed by atoms with Crippen molar-refractivity contribution in [2.75, 3.05) is 57.3 Å². The van der Waals surface area contributed by atoms with Crippen LogP contribution >= 0.6 is 0 Å². The number of piperazine rings is 1. The molecular weight excluding hydrogens is 358 g/mol. The van der Waals surface area contributed by atoms with Crippen LogP contribution in [0, 0.1) is 0 Å². The Kier molecular flexibility index (Phi) is 7.27. The Bertz CT molecular complexity index is 667. The van der Waals surface area contributed by atoms with Crippen molar-refractivity contribution in [2.24, 2.45) is 12.0 Å². The molecule has 2 aliphatic heterocycles. The second-order valence-electron chi connectivity index (χ2n) is 7.50. The van der Waals surface area contributed by atoms with Gasteiger partial charge in [0.25, 0.3) is 0 Å². The van der Waals surface area contributed by atoms with E-state index in [0.717, 1.165) is 70.2 Å². The smallest absolute Gasteiger partial charge is 0.246 e. The first-order valence-corrected chi connectivity index (χ1v) is 10.3. The quantitative estimate of drug-likeness (QED) is 0.399. The van der Waals surface area contributed by atoms with E-state index in [1.54, 1.807) is 15.8 Å². The lowest BCUT2D eigenvalue weighted by Crippen LogP contribution is -2.55. The number of amides is 1. The van der Waals surface area contributed by atoms with E-state index in [-0.39, 0.29) is 12.0 Å². The molecule has 0 aliphatic carbocycles. The zero-order valence-electron chi connectivity index (χ0n) is 17.0. The van der Waals surface area contributed by atoms with E-state index in [2.05, 4.69) is 15.3 Å². The van der Waals surface area contributed by atoms with Gasteiger partial charge in [0.05, 0.1) is 18.0 Å². The normalized spacial score (nSPS) is 20.1. The number of aromatic nitrogens is 2. The standard InChI is InChI=1S/C19H33N7O2/c1-3-20-19(21-7-4-8-24-9-5-17(27)6-10-24)25-11-12-26(18(28)15-25)16-13-22-23(2)14-16/h13-14,17,27H,3-12,15H2,1-2H3,(H,20,21). The summed E-state index contributed by atoms with van der Waals surface area (Å²) in [4.78, 5) is 23.6. The van der Waals surface area contributed by atoms with Crippen molar-refractivity contribution in [1.82, 2.24) is 24.9 Å². The fraction of sp³-hybridized carbons (Fsp3) is 0.737. The van der Waals surface area contributed by atoms with Gasteiger partial charge in [-0.15, -0.1) is 0 Å². The summed E-state index contributed by atoms with van der Waals surface area (Å²) >= 11 is 0. The molecule has 1 aromatic rings. The SMILES string of the molecule is CCNC(=NCCCN1CCC(O)CC1)N1CCN(c2cnn(C)c2)C(=O)C1. The molecule has 0 radical (unpaired) electrons. The zero-order chi connectivity index (χ0) is 19.9. The van der Waals surface area contributed by atoms with Crippen LogP contribution in [-0.2, 0) is 11.8 Å². The highest BCUT2D eigenvalue weighted by atomic mass is 16.3. The molecule has 0 bridgehead atoms. The van der Waals surface area contributed by atoms with Crippen LogP contribution in [0.4, 0.5) is 5.69 Å². The maximum absolute atomic E-state index is 12.6. The lowest BCUT2D eigenvalue weighted by atomic mass is 10.1. The Morgan fingerprint density at radius 1 is 1.32 bits per heavy atom. The van der Waals surface area contributed by atoms with Crippen molar-refractivity contribution in [2.45, 2.75) is 32.3 Å². The minimum absolute atomic E-state index is 0.0664. The topological polar surface area (TPSA) is 89.2 Å². The third kappa shape index (κ3) is 5.45. The van der Waals surface area contributed by atoms with Gasteiger partial charge in [0.15, 0.2) is 5.96 Å². The molecule has 156 valence electrons. The Hall–Kier alpha value is -2.13. The number of aryl methyl sites for hydroxylation is 1. The van der Waals surface area contributed by atoms with E-state index in [4.69, 9.17) is 4.99 Å². The molecule has 2 saturated heterocycles. The van der Waals surface area contributed by atoms with E-state index in [9.17, 15) is 9.90 Å². The molecule has 0 saturated carbocycles. The maximum Gasteiger partial charge on any atom is 0.246 e.